The molecule has 1 aromatic heterocycles. The average molecular weight is 625 g/mol. The van der Waals surface area contributed by atoms with Crippen molar-refractivity contribution in [3.05, 3.63) is 216 Å². The molecule has 8 aromatic rings. The van der Waals surface area contributed by atoms with Gasteiger partial charge in [0.25, 0.3) is 0 Å². The lowest BCUT2D eigenvalue weighted by molar-refractivity contribution is 0.768. The SMILES string of the molecule is c1ccc(-c2cc(-c3ccc(-c4cccc5c4-c4ccccc4C5(c4ccccc4)c4ccccc4)cc3)nc(-c3ccccc3)n2)cc1. The molecule has 0 bridgehead atoms. The maximum absolute atomic E-state index is 5.06. The zero-order valence-electron chi connectivity index (χ0n) is 26.9. The van der Waals surface area contributed by atoms with E-state index in [-0.39, 0.29) is 0 Å². The van der Waals surface area contributed by atoms with E-state index in [2.05, 4.69) is 170 Å². The van der Waals surface area contributed by atoms with Crippen LogP contribution in [-0.2, 0) is 5.41 Å². The summed E-state index contributed by atoms with van der Waals surface area (Å²) in [4.78, 5) is 10.0. The second-order valence-electron chi connectivity index (χ2n) is 12.5. The van der Waals surface area contributed by atoms with Gasteiger partial charge in [0.1, 0.15) is 0 Å². The summed E-state index contributed by atoms with van der Waals surface area (Å²) in [5.41, 5.74) is 14.6. The Morgan fingerprint density at radius 1 is 0.327 bits per heavy atom. The lowest BCUT2D eigenvalue weighted by Crippen LogP contribution is -2.28. The molecule has 7 aromatic carbocycles. The van der Waals surface area contributed by atoms with Crippen LogP contribution in [0.1, 0.15) is 22.3 Å². The number of aromatic nitrogens is 2. The van der Waals surface area contributed by atoms with E-state index in [1.165, 1.54) is 44.5 Å². The fourth-order valence-electron chi connectivity index (χ4n) is 7.62. The predicted octanol–water partition coefficient (Wildman–Crippen LogP) is 11.5. The van der Waals surface area contributed by atoms with Crippen LogP contribution >= 0.6 is 0 Å². The third kappa shape index (κ3) is 4.80. The van der Waals surface area contributed by atoms with Gasteiger partial charge in [-0.3, -0.25) is 0 Å². The smallest absolute Gasteiger partial charge is 0.160 e. The molecule has 0 aliphatic heterocycles. The fourth-order valence-corrected chi connectivity index (χ4v) is 7.62. The Kier molecular flexibility index (Phi) is 7.06. The summed E-state index contributed by atoms with van der Waals surface area (Å²) in [5.74, 6) is 0.719. The van der Waals surface area contributed by atoms with Crippen LogP contribution in [0, 0.1) is 0 Å². The fraction of sp³-hybridized carbons (Fsp3) is 0.0213. The summed E-state index contributed by atoms with van der Waals surface area (Å²) >= 11 is 0. The largest absolute Gasteiger partial charge is 0.228 e. The molecule has 1 aliphatic rings. The van der Waals surface area contributed by atoms with E-state index in [1.807, 2.05) is 24.3 Å². The number of hydrogen-bond donors (Lipinski definition) is 0. The van der Waals surface area contributed by atoms with Crippen molar-refractivity contribution in [1.29, 1.82) is 0 Å². The standard InChI is InChI=1S/C47H32N2/c1-5-16-34(17-6-1)43-32-44(49-46(48-43)36-18-7-2-8-19-36)35-30-28-33(29-31-35)39-25-15-27-42-45(39)40-24-13-14-26-41(40)47(42,37-20-9-3-10-21-37)38-22-11-4-12-23-38/h1-32H. The third-order valence-electron chi connectivity index (χ3n) is 9.80. The lowest BCUT2D eigenvalue weighted by Gasteiger charge is -2.34. The van der Waals surface area contributed by atoms with Gasteiger partial charge in [0, 0.05) is 16.7 Å². The van der Waals surface area contributed by atoms with Gasteiger partial charge in [-0.05, 0) is 50.6 Å². The summed E-state index contributed by atoms with van der Waals surface area (Å²) in [6, 6.07) is 69.2. The van der Waals surface area contributed by atoms with Crippen molar-refractivity contribution in [2.24, 2.45) is 0 Å². The summed E-state index contributed by atoms with van der Waals surface area (Å²) in [6.45, 7) is 0. The molecule has 0 radical (unpaired) electrons. The zero-order chi connectivity index (χ0) is 32.6. The molecule has 0 N–H and O–H groups in total. The van der Waals surface area contributed by atoms with Gasteiger partial charge in [0.15, 0.2) is 5.82 Å². The van der Waals surface area contributed by atoms with Crippen LogP contribution in [0.15, 0.2) is 194 Å². The molecule has 0 saturated heterocycles. The molecular formula is C47H32N2. The van der Waals surface area contributed by atoms with Gasteiger partial charge in [-0.25, -0.2) is 9.97 Å². The highest BCUT2D eigenvalue weighted by Crippen LogP contribution is 2.58. The number of benzene rings is 7. The molecule has 2 nitrogen and oxygen atoms in total. The molecule has 0 unspecified atom stereocenters. The molecule has 2 heteroatoms. The molecule has 9 rings (SSSR count). The summed E-state index contributed by atoms with van der Waals surface area (Å²) < 4.78 is 0. The summed E-state index contributed by atoms with van der Waals surface area (Å²) in [5, 5.41) is 0. The van der Waals surface area contributed by atoms with Gasteiger partial charge in [0.05, 0.1) is 16.8 Å². The van der Waals surface area contributed by atoms with Crippen molar-refractivity contribution >= 4 is 0 Å². The highest BCUT2D eigenvalue weighted by molar-refractivity contribution is 5.95. The first-order valence-electron chi connectivity index (χ1n) is 16.8. The maximum Gasteiger partial charge on any atom is 0.160 e. The third-order valence-corrected chi connectivity index (χ3v) is 9.80. The van der Waals surface area contributed by atoms with Gasteiger partial charge in [-0.15, -0.1) is 0 Å². The van der Waals surface area contributed by atoms with Crippen molar-refractivity contribution in [2.75, 3.05) is 0 Å². The topological polar surface area (TPSA) is 25.8 Å². The second-order valence-corrected chi connectivity index (χ2v) is 12.5. The molecule has 0 spiro atoms. The molecule has 1 heterocycles. The molecule has 0 amide bonds. The maximum atomic E-state index is 5.06. The minimum absolute atomic E-state index is 0.424. The lowest BCUT2D eigenvalue weighted by atomic mass is 9.67. The molecule has 0 fully saturated rings. The number of fused-ring (bicyclic) bond motifs is 3. The summed E-state index contributed by atoms with van der Waals surface area (Å²) in [6.07, 6.45) is 0. The quantitative estimate of drug-likeness (QED) is 0.184. The number of nitrogens with zero attached hydrogens (tertiary/aromatic N) is 2. The first-order chi connectivity index (χ1) is 24.3. The Morgan fingerprint density at radius 2 is 0.776 bits per heavy atom. The zero-order valence-corrected chi connectivity index (χ0v) is 26.9. The molecule has 0 saturated carbocycles. The van der Waals surface area contributed by atoms with E-state index >= 15 is 0 Å². The minimum Gasteiger partial charge on any atom is -0.228 e. The van der Waals surface area contributed by atoms with Gasteiger partial charge in [-0.2, -0.15) is 0 Å². The van der Waals surface area contributed by atoms with Crippen molar-refractivity contribution in [1.82, 2.24) is 9.97 Å². The number of hydrogen-bond acceptors (Lipinski definition) is 2. The first-order valence-corrected chi connectivity index (χ1v) is 16.8. The van der Waals surface area contributed by atoms with E-state index < -0.39 is 5.41 Å². The van der Waals surface area contributed by atoms with Crippen LogP contribution in [0.25, 0.3) is 56.2 Å². The minimum atomic E-state index is -0.424. The molecule has 0 atom stereocenters. The Balaban J connectivity index is 1.20. The van der Waals surface area contributed by atoms with Crippen molar-refractivity contribution in [3.8, 4) is 56.2 Å². The van der Waals surface area contributed by atoms with E-state index in [0.29, 0.717) is 0 Å². The monoisotopic (exact) mass is 624 g/mol. The Labute approximate surface area is 287 Å². The summed E-state index contributed by atoms with van der Waals surface area (Å²) in [7, 11) is 0. The highest BCUT2D eigenvalue weighted by Gasteiger charge is 2.46. The van der Waals surface area contributed by atoms with Gasteiger partial charge in [0.2, 0.25) is 0 Å². The first kappa shape index (κ1) is 28.8. The van der Waals surface area contributed by atoms with Crippen molar-refractivity contribution < 1.29 is 0 Å². The van der Waals surface area contributed by atoms with E-state index in [4.69, 9.17) is 9.97 Å². The average Bonchev–Trinajstić information content (AvgIpc) is 3.50. The van der Waals surface area contributed by atoms with Crippen LogP contribution in [-0.4, -0.2) is 9.97 Å². The molecule has 1 aliphatic carbocycles. The molecular weight excluding hydrogens is 593 g/mol. The Morgan fingerprint density at radius 3 is 1.39 bits per heavy atom. The van der Waals surface area contributed by atoms with Crippen molar-refractivity contribution in [3.63, 3.8) is 0 Å². The van der Waals surface area contributed by atoms with E-state index in [1.54, 1.807) is 0 Å². The van der Waals surface area contributed by atoms with Crippen molar-refractivity contribution in [2.45, 2.75) is 5.41 Å². The molecule has 49 heavy (non-hydrogen) atoms. The van der Waals surface area contributed by atoms with Crippen LogP contribution in [0.2, 0.25) is 0 Å². The Bertz CT molecular complexity index is 2300. The van der Waals surface area contributed by atoms with Crippen LogP contribution < -0.4 is 0 Å². The second kappa shape index (κ2) is 12.0. The number of rotatable bonds is 6. The van der Waals surface area contributed by atoms with Crippen LogP contribution in [0.5, 0.6) is 0 Å². The van der Waals surface area contributed by atoms with Crippen LogP contribution in [0.4, 0.5) is 0 Å². The van der Waals surface area contributed by atoms with Crippen LogP contribution in [0.3, 0.4) is 0 Å². The highest BCUT2D eigenvalue weighted by atomic mass is 14.9. The molecule has 230 valence electrons. The van der Waals surface area contributed by atoms with Gasteiger partial charge < -0.3 is 0 Å². The van der Waals surface area contributed by atoms with E-state index in [0.717, 1.165) is 33.9 Å². The van der Waals surface area contributed by atoms with E-state index in [9.17, 15) is 0 Å². The van der Waals surface area contributed by atoms with Gasteiger partial charge in [-0.1, -0.05) is 188 Å². The Hall–Kier alpha value is -6.38. The normalized spacial score (nSPS) is 12.7. The predicted molar refractivity (Wildman–Crippen MR) is 201 cm³/mol. The van der Waals surface area contributed by atoms with Gasteiger partial charge >= 0.3 is 0 Å².